The summed E-state index contributed by atoms with van der Waals surface area (Å²) in [5, 5.41) is 4.08. The molecule has 0 radical (unpaired) electrons. The van der Waals surface area contributed by atoms with Crippen molar-refractivity contribution >= 4 is 34.4 Å². The van der Waals surface area contributed by atoms with Crippen LogP contribution in [0.1, 0.15) is 43.4 Å². The number of hydrogen-bond acceptors (Lipinski definition) is 7. The summed E-state index contributed by atoms with van der Waals surface area (Å²) in [6.07, 6.45) is 14.3. The lowest BCUT2D eigenvalue weighted by molar-refractivity contribution is 0.272. The molecular formula is C25H27N5O2. The van der Waals surface area contributed by atoms with Crippen LogP contribution in [-0.4, -0.2) is 33.1 Å². The predicted octanol–water partition coefficient (Wildman–Crippen LogP) is 5.69. The van der Waals surface area contributed by atoms with Crippen LogP contribution in [-0.2, 0) is 4.74 Å². The van der Waals surface area contributed by atoms with Gasteiger partial charge in [0.1, 0.15) is 17.8 Å². The second-order valence-electron chi connectivity index (χ2n) is 7.47. The number of allylic oxidation sites excluding steroid dienone is 2. The number of ether oxygens (including phenoxy) is 2. The van der Waals surface area contributed by atoms with Gasteiger partial charge in [0.05, 0.1) is 24.1 Å². The Kier molecular flexibility index (Phi) is 7.07. The van der Waals surface area contributed by atoms with Crippen LogP contribution in [0.15, 0.2) is 56.0 Å². The van der Waals surface area contributed by atoms with E-state index in [9.17, 15) is 0 Å². The molecule has 2 aromatic heterocycles. The van der Waals surface area contributed by atoms with Crippen molar-refractivity contribution in [2.45, 2.75) is 32.1 Å². The first-order valence-electron chi connectivity index (χ1n) is 10.9. The lowest BCUT2D eigenvalue weighted by Crippen LogP contribution is -2.04. The molecule has 3 heterocycles. The summed E-state index contributed by atoms with van der Waals surface area (Å²) in [5.41, 5.74) is 3.01. The minimum atomic E-state index is 0.436. The molecule has 1 aromatic carbocycles. The third kappa shape index (κ3) is 5.29. The van der Waals surface area contributed by atoms with Crippen LogP contribution in [0.4, 0.5) is 11.6 Å². The fourth-order valence-electron chi connectivity index (χ4n) is 3.41. The highest BCUT2D eigenvalue weighted by Crippen LogP contribution is 2.27. The van der Waals surface area contributed by atoms with Crippen molar-refractivity contribution in [1.29, 1.82) is 0 Å². The highest BCUT2D eigenvalue weighted by Gasteiger charge is 2.12. The van der Waals surface area contributed by atoms with Gasteiger partial charge >= 0.3 is 0 Å². The van der Waals surface area contributed by atoms with E-state index in [1.54, 1.807) is 12.3 Å². The molecule has 1 aliphatic rings. The quantitative estimate of drug-likeness (QED) is 0.497. The van der Waals surface area contributed by atoms with Crippen molar-refractivity contribution in [3.63, 3.8) is 0 Å². The zero-order valence-corrected chi connectivity index (χ0v) is 18.1. The number of rotatable bonds is 1. The molecule has 164 valence electrons. The molecule has 0 spiro atoms. The summed E-state index contributed by atoms with van der Waals surface area (Å²) < 4.78 is 11.8. The Morgan fingerprint density at radius 3 is 2.69 bits per heavy atom. The van der Waals surface area contributed by atoms with Crippen LogP contribution in [0.3, 0.4) is 0 Å². The number of nitrogens with one attached hydrogen (secondary N) is 1. The van der Waals surface area contributed by atoms with E-state index in [0.717, 1.165) is 54.3 Å². The fraction of sp³-hybridized carbons (Fsp3) is 0.280. The highest BCUT2D eigenvalue weighted by molar-refractivity contribution is 5.87. The molecule has 0 aliphatic carbocycles. The summed E-state index contributed by atoms with van der Waals surface area (Å²) in [6.45, 7) is 9.10. The largest absolute Gasteiger partial charge is 0.492 e. The average molecular weight is 430 g/mol. The molecule has 1 N–H and O–H groups in total. The Labute approximate surface area is 187 Å². The van der Waals surface area contributed by atoms with Crippen molar-refractivity contribution in [2.24, 2.45) is 0 Å². The first-order valence-corrected chi connectivity index (χ1v) is 10.9. The maximum atomic E-state index is 5.97. The number of fused-ring (bicyclic) bond motifs is 3. The first-order chi connectivity index (χ1) is 15.7. The van der Waals surface area contributed by atoms with Gasteiger partial charge in [-0.15, -0.1) is 0 Å². The van der Waals surface area contributed by atoms with Gasteiger partial charge in [-0.1, -0.05) is 31.4 Å². The van der Waals surface area contributed by atoms with E-state index < -0.39 is 0 Å². The summed E-state index contributed by atoms with van der Waals surface area (Å²) in [4.78, 5) is 17.7. The van der Waals surface area contributed by atoms with Crippen LogP contribution in [0.5, 0.6) is 5.88 Å². The van der Waals surface area contributed by atoms with E-state index >= 15 is 0 Å². The molecule has 0 fully saturated rings. The molecule has 32 heavy (non-hydrogen) atoms. The molecule has 0 unspecified atom stereocenters. The Morgan fingerprint density at radius 1 is 0.969 bits per heavy atom. The second-order valence-corrected chi connectivity index (χ2v) is 7.47. The molecule has 4 rings (SSSR count). The second kappa shape index (κ2) is 10.5. The highest BCUT2D eigenvalue weighted by atomic mass is 16.5. The molecule has 7 nitrogen and oxygen atoms in total. The molecular weight excluding hydrogens is 402 g/mol. The van der Waals surface area contributed by atoms with Crippen LogP contribution in [0, 0.1) is 0 Å². The molecule has 4 bridgehead atoms. The van der Waals surface area contributed by atoms with E-state index in [1.165, 1.54) is 6.33 Å². The summed E-state index contributed by atoms with van der Waals surface area (Å²) in [5.74, 6) is 1.52. The lowest BCUT2D eigenvalue weighted by atomic mass is 10.2. The number of benzene rings is 1. The molecule has 1 aliphatic heterocycles. The summed E-state index contributed by atoms with van der Waals surface area (Å²) in [6, 6.07) is 5.79. The SMILES string of the molecule is C=Cc1cnc2nc1C(=C)OCCC/C=C\CCCCOc1ncnc3ccc(cc13)N2. The van der Waals surface area contributed by atoms with Gasteiger partial charge in [-0.05, 0) is 50.3 Å². The number of aromatic nitrogens is 4. The van der Waals surface area contributed by atoms with Crippen LogP contribution in [0.2, 0.25) is 0 Å². The third-order valence-corrected chi connectivity index (χ3v) is 5.12. The maximum absolute atomic E-state index is 5.97. The van der Waals surface area contributed by atoms with E-state index in [2.05, 4.69) is 50.6 Å². The summed E-state index contributed by atoms with van der Waals surface area (Å²) in [7, 11) is 0. The predicted molar refractivity (Wildman–Crippen MR) is 128 cm³/mol. The Morgan fingerprint density at radius 2 is 1.81 bits per heavy atom. The number of hydrogen-bond donors (Lipinski definition) is 1. The van der Waals surface area contributed by atoms with E-state index in [0.29, 0.717) is 36.5 Å². The van der Waals surface area contributed by atoms with Gasteiger partial charge in [0, 0.05) is 17.4 Å². The van der Waals surface area contributed by atoms with Crippen molar-refractivity contribution in [2.75, 3.05) is 18.5 Å². The van der Waals surface area contributed by atoms with Gasteiger partial charge in [-0.25, -0.2) is 19.9 Å². The topological polar surface area (TPSA) is 82.1 Å². The average Bonchev–Trinajstić information content (AvgIpc) is 2.82. The number of nitrogens with zero attached hydrogens (tertiary/aromatic N) is 4. The molecule has 0 saturated heterocycles. The van der Waals surface area contributed by atoms with Crippen LogP contribution >= 0.6 is 0 Å². The summed E-state index contributed by atoms with van der Waals surface area (Å²) >= 11 is 0. The van der Waals surface area contributed by atoms with Gasteiger partial charge in [0.15, 0.2) is 0 Å². The molecule has 7 heteroatoms. The Hall–Kier alpha value is -3.74. The lowest BCUT2D eigenvalue weighted by Gasteiger charge is -2.13. The van der Waals surface area contributed by atoms with Gasteiger partial charge in [0.2, 0.25) is 11.8 Å². The van der Waals surface area contributed by atoms with E-state index in [1.807, 2.05) is 18.2 Å². The van der Waals surface area contributed by atoms with Gasteiger partial charge < -0.3 is 14.8 Å². The smallest absolute Gasteiger partial charge is 0.227 e. The molecule has 0 atom stereocenters. The van der Waals surface area contributed by atoms with Crippen molar-refractivity contribution < 1.29 is 9.47 Å². The third-order valence-electron chi connectivity index (χ3n) is 5.12. The fourth-order valence-corrected chi connectivity index (χ4v) is 3.41. The van der Waals surface area contributed by atoms with Gasteiger partial charge in [0.25, 0.3) is 0 Å². The van der Waals surface area contributed by atoms with E-state index in [-0.39, 0.29) is 0 Å². The van der Waals surface area contributed by atoms with E-state index in [4.69, 9.17) is 9.47 Å². The van der Waals surface area contributed by atoms with Crippen molar-refractivity contribution in [3.05, 3.63) is 67.3 Å². The van der Waals surface area contributed by atoms with Crippen LogP contribution in [0.25, 0.3) is 22.7 Å². The zero-order chi connectivity index (χ0) is 22.2. The minimum absolute atomic E-state index is 0.436. The molecule has 0 amide bonds. The molecule has 0 saturated carbocycles. The van der Waals surface area contributed by atoms with Crippen molar-refractivity contribution in [3.8, 4) is 5.88 Å². The minimum Gasteiger partial charge on any atom is -0.492 e. The van der Waals surface area contributed by atoms with Gasteiger partial charge in [-0.3, -0.25) is 0 Å². The Balaban J connectivity index is 1.66. The number of anilines is 2. The van der Waals surface area contributed by atoms with Crippen molar-refractivity contribution in [1.82, 2.24) is 19.9 Å². The van der Waals surface area contributed by atoms with Gasteiger partial charge in [-0.2, -0.15) is 0 Å². The Bertz CT molecular complexity index is 1140. The molecule has 3 aromatic rings. The zero-order valence-electron chi connectivity index (χ0n) is 18.1. The van der Waals surface area contributed by atoms with Crippen LogP contribution < -0.4 is 10.1 Å². The monoisotopic (exact) mass is 429 g/mol. The first kappa shape index (κ1) is 21.5. The standard InChI is InChI=1S/C25H27N5O2/c1-3-19-16-26-25-29-20-11-12-22-21(15-20)24(28-17-27-22)32-14-10-8-6-4-5-7-9-13-31-18(2)23(19)30-25/h3-5,11-12,15-17H,1-2,6-10,13-14H2,(H,26,29,30)/b5-4-. The maximum Gasteiger partial charge on any atom is 0.227 e. The normalized spacial score (nSPS) is 16.4.